The number of hydrogen-bond donors (Lipinski definition) is 0. The normalized spacial score (nSPS) is 14.5. The lowest BCUT2D eigenvalue weighted by Gasteiger charge is -2.27. The van der Waals surface area contributed by atoms with Crippen LogP contribution in [0.1, 0.15) is 0 Å². The van der Waals surface area contributed by atoms with E-state index in [1.807, 2.05) is 0 Å². The Morgan fingerprint density at radius 1 is 0.682 bits per heavy atom. The third kappa shape index (κ3) is 6.82. The molecule has 0 aromatic carbocycles. The van der Waals surface area contributed by atoms with Crippen molar-refractivity contribution in [2.45, 2.75) is 30.8 Å². The first-order chi connectivity index (χ1) is 9.37. The summed E-state index contributed by atoms with van der Waals surface area (Å²) < 4.78 is 151. The van der Waals surface area contributed by atoms with Crippen molar-refractivity contribution in [2.24, 2.45) is 0 Å². The summed E-state index contributed by atoms with van der Waals surface area (Å²) in [5.74, 6) is -12.1. The van der Waals surface area contributed by atoms with Crippen molar-refractivity contribution in [1.29, 1.82) is 0 Å². The largest absolute Gasteiger partial charge is 0.528 e. The first kappa shape index (κ1) is 21.6. The highest BCUT2D eigenvalue weighted by Gasteiger charge is 2.66. The first-order valence-electron chi connectivity index (χ1n) is 4.76. The molecule has 0 atom stereocenters. The van der Waals surface area contributed by atoms with E-state index in [4.69, 9.17) is 0 Å². The van der Waals surface area contributed by atoms with Gasteiger partial charge in [0, 0.05) is 0 Å². The fourth-order valence-corrected chi connectivity index (χ4v) is 1.84. The molecule has 0 saturated carbocycles. The van der Waals surface area contributed by atoms with Crippen LogP contribution in [0.2, 0.25) is 6.82 Å². The van der Waals surface area contributed by atoms with Gasteiger partial charge in [0.25, 0.3) is 0 Å². The average Bonchev–Trinajstić information content (AvgIpc) is 2.15. The Kier molecular flexibility index (Phi) is 6.53. The van der Waals surface area contributed by atoms with Gasteiger partial charge in [-0.3, -0.25) is 0 Å². The molecule has 0 amide bonds. The number of alkyl halides is 12. The molecule has 130 valence electrons. The molecule has 0 aromatic heterocycles. The molecule has 0 heterocycles. The molecule has 0 bridgehead atoms. The van der Waals surface area contributed by atoms with E-state index in [1.54, 1.807) is 0 Å². The second-order valence-corrected chi connectivity index (χ2v) is 5.32. The van der Waals surface area contributed by atoms with Gasteiger partial charge in [-0.15, -0.1) is 0 Å². The quantitative estimate of drug-likeness (QED) is 0.400. The maximum absolute atomic E-state index is 12.1. The fraction of sp³-hybridized carbons (Fsp3) is 1.00. The van der Waals surface area contributed by atoms with Gasteiger partial charge in [0.15, 0.2) is 0 Å². The van der Waals surface area contributed by atoms with Gasteiger partial charge in [0.1, 0.15) is 0 Å². The maximum atomic E-state index is 12.1. The summed E-state index contributed by atoms with van der Waals surface area (Å²) in [7, 11) is -8.41. The summed E-state index contributed by atoms with van der Waals surface area (Å²) in [5, 5.41) is 0. The van der Waals surface area contributed by atoms with E-state index < -0.39 is 46.2 Å². The van der Waals surface area contributed by atoms with E-state index in [-0.39, 0.29) is 6.82 Å². The van der Waals surface area contributed by atoms with Crippen molar-refractivity contribution in [3.05, 3.63) is 0 Å². The minimum absolute atomic E-state index is 0.0529. The van der Waals surface area contributed by atoms with E-state index in [9.17, 15) is 52.7 Å². The monoisotopic (exact) mass is 376 g/mol. The summed E-state index contributed by atoms with van der Waals surface area (Å²) in [4.78, 5) is 0. The molecule has 0 radical (unpaired) electrons. The Bertz CT molecular complexity index is 298. The molecule has 0 N–H and O–H groups in total. The van der Waals surface area contributed by atoms with Gasteiger partial charge in [-0.2, -0.15) is 52.7 Å². The molecule has 0 spiro atoms. The van der Waals surface area contributed by atoms with Gasteiger partial charge < -0.3 is 9.01 Å². The number of halogens is 12. The van der Waals surface area contributed by atoms with Crippen molar-refractivity contribution in [1.82, 2.24) is 0 Å². The van der Waals surface area contributed by atoms with Gasteiger partial charge >= 0.3 is 38.0 Å². The minimum atomic E-state index is -6.10. The third-order valence-corrected chi connectivity index (χ3v) is 3.07. The van der Waals surface area contributed by atoms with Gasteiger partial charge in [0.05, 0.1) is 0 Å². The topological polar surface area (TPSA) is 18.5 Å². The highest BCUT2D eigenvalue weighted by Crippen LogP contribution is 2.65. The molecule has 0 aromatic rings. The summed E-state index contributed by atoms with van der Waals surface area (Å²) >= 11 is 0. The van der Waals surface area contributed by atoms with Gasteiger partial charge in [-0.1, -0.05) is 0 Å². The van der Waals surface area contributed by atoms with Crippen LogP contribution < -0.4 is 0 Å². The molecule has 22 heavy (non-hydrogen) atoms. The molecule has 0 aliphatic carbocycles. The van der Waals surface area contributed by atoms with Crippen molar-refractivity contribution >= 4 is 22.2 Å². The van der Waals surface area contributed by atoms with E-state index >= 15 is 0 Å². The summed E-state index contributed by atoms with van der Waals surface area (Å²) in [6.07, 6.45) is -12.2. The summed E-state index contributed by atoms with van der Waals surface area (Å²) in [6, 6.07) is 0. The lowest BCUT2D eigenvalue weighted by atomic mass is 9.63. The van der Waals surface area contributed by atoms with Crippen molar-refractivity contribution in [3.63, 3.8) is 0 Å². The molecule has 0 unspecified atom stereocenters. The Hall–Kier alpha value is -0.360. The Labute approximate surface area is 116 Å². The highest BCUT2D eigenvalue weighted by atomic mass is 31.1. The molecule has 0 saturated heterocycles. The predicted octanol–water partition coefficient (Wildman–Crippen LogP) is 4.77. The van der Waals surface area contributed by atoms with E-state index in [2.05, 4.69) is 9.01 Å². The van der Waals surface area contributed by atoms with E-state index in [0.29, 0.717) is 0 Å². The Balaban J connectivity index is 5.15. The molecule has 2 nitrogen and oxygen atoms in total. The Morgan fingerprint density at radius 3 is 1.23 bits per heavy atom. The zero-order valence-electron chi connectivity index (χ0n) is 9.95. The van der Waals surface area contributed by atoms with Gasteiger partial charge in [0.2, 0.25) is 8.15 Å². The first-order valence-corrected chi connectivity index (χ1v) is 6.02. The SMILES string of the molecule is CB(OB(C(F)(F)F)C(F)(F)F)OP(C(F)(F)F)C(F)(F)F. The second kappa shape index (κ2) is 6.63. The van der Waals surface area contributed by atoms with Gasteiger partial charge in [-0.25, -0.2) is 0 Å². The van der Waals surface area contributed by atoms with Crippen LogP contribution in [0.3, 0.4) is 0 Å². The van der Waals surface area contributed by atoms with Crippen LogP contribution >= 0.6 is 8.15 Å². The summed E-state index contributed by atoms with van der Waals surface area (Å²) in [5.41, 5.74) is 0. The van der Waals surface area contributed by atoms with E-state index in [1.165, 1.54) is 0 Å². The standard InChI is InChI=1S/C5H3B2F12O2P/c1-6(20-7(2(8,9)10)3(11,12)13)21-22(4(14,15)16)5(17,18)19/h1H3. The molecular weight excluding hydrogens is 373 g/mol. The van der Waals surface area contributed by atoms with Crippen LogP contribution in [0, 0.1) is 0 Å². The molecule has 17 heteroatoms. The zero-order valence-corrected chi connectivity index (χ0v) is 10.8. The summed E-state index contributed by atoms with van der Waals surface area (Å²) in [6.45, 7) is -4.54. The molecule has 0 fully saturated rings. The predicted molar refractivity (Wildman–Crippen MR) is 50.7 cm³/mol. The van der Waals surface area contributed by atoms with E-state index in [0.717, 1.165) is 0 Å². The minimum Gasteiger partial charge on any atom is -0.461 e. The molecular formula is C5H3B2F12O2P. The lowest BCUT2D eigenvalue weighted by Crippen LogP contribution is -2.52. The fourth-order valence-electron chi connectivity index (χ4n) is 0.968. The highest BCUT2D eigenvalue weighted by molar-refractivity contribution is 7.55. The van der Waals surface area contributed by atoms with Gasteiger partial charge in [-0.05, 0) is 6.82 Å². The maximum Gasteiger partial charge on any atom is 0.528 e. The van der Waals surface area contributed by atoms with Crippen LogP contribution in [-0.4, -0.2) is 38.0 Å². The van der Waals surface area contributed by atoms with Crippen molar-refractivity contribution in [3.8, 4) is 0 Å². The van der Waals surface area contributed by atoms with Crippen molar-refractivity contribution in [2.75, 3.05) is 0 Å². The van der Waals surface area contributed by atoms with Crippen LogP contribution in [0.25, 0.3) is 0 Å². The lowest BCUT2D eigenvalue weighted by molar-refractivity contribution is -0.119. The molecule has 0 aliphatic rings. The molecule has 0 rings (SSSR count). The average molecular weight is 376 g/mol. The number of rotatable bonds is 4. The van der Waals surface area contributed by atoms with Crippen LogP contribution in [0.15, 0.2) is 0 Å². The van der Waals surface area contributed by atoms with Crippen LogP contribution in [0.4, 0.5) is 52.7 Å². The van der Waals surface area contributed by atoms with Crippen molar-refractivity contribution < 1.29 is 61.7 Å². The van der Waals surface area contributed by atoms with Crippen LogP contribution in [-0.2, 0) is 9.01 Å². The second-order valence-electron chi connectivity index (χ2n) is 3.50. The third-order valence-electron chi connectivity index (χ3n) is 1.64. The number of hydrogen-bond acceptors (Lipinski definition) is 2. The van der Waals surface area contributed by atoms with Crippen LogP contribution in [0.5, 0.6) is 0 Å². The zero-order chi connectivity index (χ0) is 18.1. The smallest absolute Gasteiger partial charge is 0.461 e. The Morgan fingerprint density at radius 2 is 1.00 bits per heavy atom. The molecule has 0 aliphatic heterocycles.